The molecule has 1 aliphatic carbocycles. The molecule has 3 heteroatoms. The van der Waals surface area contributed by atoms with Gasteiger partial charge in [-0.05, 0) is 42.5 Å². The zero-order chi connectivity index (χ0) is 12.5. The largest absolute Gasteiger partial charge is 0.508 e. The van der Waals surface area contributed by atoms with Gasteiger partial charge in [-0.3, -0.25) is 0 Å². The van der Waals surface area contributed by atoms with Gasteiger partial charge < -0.3 is 14.8 Å². The molecule has 1 unspecified atom stereocenters. The summed E-state index contributed by atoms with van der Waals surface area (Å²) in [6.45, 7) is 0.730. The number of aryl methyl sites for hydroxylation is 1. The lowest BCUT2D eigenvalue weighted by Crippen LogP contribution is -2.05. The molecule has 0 bridgehead atoms. The molecule has 3 rings (SSSR count). The number of fused-ring (bicyclic) bond motifs is 1. The SMILES string of the molecule is Oc1cccc(Cn2cc3c(c2)C(O)CCC3)c1. The van der Waals surface area contributed by atoms with Gasteiger partial charge in [0, 0.05) is 24.5 Å². The standard InChI is InChI=1S/C15H17NO2/c17-13-5-1-3-11(7-13)8-16-9-12-4-2-6-15(18)14(12)10-16/h1,3,5,7,9-10,15,17-18H,2,4,6,8H2. The first-order valence-electron chi connectivity index (χ1n) is 6.37. The van der Waals surface area contributed by atoms with E-state index >= 15 is 0 Å². The first-order chi connectivity index (χ1) is 8.72. The molecule has 1 heterocycles. The van der Waals surface area contributed by atoms with Gasteiger partial charge in [0.05, 0.1) is 6.10 Å². The summed E-state index contributed by atoms with van der Waals surface area (Å²) >= 11 is 0. The Labute approximate surface area is 106 Å². The normalized spacial score (nSPS) is 18.6. The highest BCUT2D eigenvalue weighted by Crippen LogP contribution is 2.30. The number of aromatic hydroxyl groups is 1. The second-order valence-corrected chi connectivity index (χ2v) is 4.99. The molecule has 0 fully saturated rings. The van der Waals surface area contributed by atoms with Crippen LogP contribution in [0.3, 0.4) is 0 Å². The molecule has 2 aromatic rings. The van der Waals surface area contributed by atoms with Crippen LogP contribution in [-0.2, 0) is 13.0 Å². The number of aliphatic hydroxyl groups is 1. The van der Waals surface area contributed by atoms with E-state index in [1.165, 1.54) is 5.56 Å². The van der Waals surface area contributed by atoms with Gasteiger partial charge in [-0.2, -0.15) is 0 Å². The number of hydrogen-bond acceptors (Lipinski definition) is 2. The van der Waals surface area contributed by atoms with Gasteiger partial charge in [0.2, 0.25) is 0 Å². The van der Waals surface area contributed by atoms with Crippen LogP contribution in [0.5, 0.6) is 5.75 Å². The maximum absolute atomic E-state index is 9.93. The average Bonchev–Trinajstić information content (AvgIpc) is 2.73. The second-order valence-electron chi connectivity index (χ2n) is 4.99. The number of aromatic nitrogens is 1. The number of aliphatic hydroxyl groups excluding tert-OH is 1. The van der Waals surface area contributed by atoms with Gasteiger partial charge >= 0.3 is 0 Å². The van der Waals surface area contributed by atoms with Crippen molar-refractivity contribution in [3.05, 3.63) is 53.3 Å². The monoisotopic (exact) mass is 243 g/mol. The minimum atomic E-state index is -0.306. The molecule has 1 aliphatic rings. The Hall–Kier alpha value is -1.74. The van der Waals surface area contributed by atoms with Gasteiger partial charge in [-0.25, -0.2) is 0 Å². The van der Waals surface area contributed by atoms with Gasteiger partial charge in [0.15, 0.2) is 0 Å². The molecule has 3 nitrogen and oxygen atoms in total. The predicted molar refractivity (Wildman–Crippen MR) is 69.5 cm³/mol. The molecular weight excluding hydrogens is 226 g/mol. The van der Waals surface area contributed by atoms with Crippen LogP contribution in [0.25, 0.3) is 0 Å². The van der Waals surface area contributed by atoms with Crippen molar-refractivity contribution in [1.29, 1.82) is 0 Å². The third-order valence-corrected chi connectivity index (χ3v) is 3.56. The maximum atomic E-state index is 9.93. The first-order valence-corrected chi connectivity index (χ1v) is 6.37. The summed E-state index contributed by atoms with van der Waals surface area (Å²) < 4.78 is 2.09. The third-order valence-electron chi connectivity index (χ3n) is 3.56. The lowest BCUT2D eigenvalue weighted by Gasteiger charge is -2.16. The molecule has 2 N–H and O–H groups in total. The molecule has 1 atom stereocenters. The molecule has 94 valence electrons. The fourth-order valence-corrected chi connectivity index (χ4v) is 2.68. The fourth-order valence-electron chi connectivity index (χ4n) is 2.68. The van der Waals surface area contributed by atoms with Gasteiger partial charge in [-0.15, -0.1) is 0 Å². The number of hydrogen-bond donors (Lipinski definition) is 2. The maximum Gasteiger partial charge on any atom is 0.115 e. The molecule has 1 aromatic heterocycles. The first kappa shape index (κ1) is 11.4. The summed E-state index contributed by atoms with van der Waals surface area (Å²) in [5.41, 5.74) is 3.40. The predicted octanol–water partition coefficient (Wildman–Crippen LogP) is 2.61. The molecular formula is C15H17NO2. The lowest BCUT2D eigenvalue weighted by molar-refractivity contribution is 0.157. The summed E-state index contributed by atoms with van der Waals surface area (Å²) in [5, 5.41) is 19.4. The van der Waals surface area contributed by atoms with Gasteiger partial charge in [0.25, 0.3) is 0 Å². The molecule has 0 saturated carbocycles. The highest BCUT2D eigenvalue weighted by atomic mass is 16.3. The smallest absolute Gasteiger partial charge is 0.115 e. The fraction of sp³-hybridized carbons (Fsp3) is 0.333. The number of rotatable bonds is 2. The van der Waals surface area contributed by atoms with E-state index in [0.29, 0.717) is 5.75 Å². The second kappa shape index (κ2) is 4.50. The molecule has 0 spiro atoms. The van der Waals surface area contributed by atoms with Crippen molar-refractivity contribution in [2.24, 2.45) is 0 Å². The van der Waals surface area contributed by atoms with E-state index in [4.69, 9.17) is 0 Å². The lowest BCUT2D eigenvalue weighted by atomic mass is 9.93. The van der Waals surface area contributed by atoms with Crippen molar-refractivity contribution in [3.63, 3.8) is 0 Å². The van der Waals surface area contributed by atoms with E-state index in [2.05, 4.69) is 10.8 Å². The van der Waals surface area contributed by atoms with Crippen LogP contribution >= 0.6 is 0 Å². The van der Waals surface area contributed by atoms with E-state index in [1.807, 2.05) is 18.3 Å². The zero-order valence-corrected chi connectivity index (χ0v) is 10.2. The Kier molecular flexibility index (Phi) is 2.84. The van der Waals surface area contributed by atoms with Gasteiger partial charge in [-0.1, -0.05) is 12.1 Å². The molecule has 0 amide bonds. The van der Waals surface area contributed by atoms with Crippen LogP contribution < -0.4 is 0 Å². The Morgan fingerprint density at radius 2 is 2.17 bits per heavy atom. The minimum Gasteiger partial charge on any atom is -0.508 e. The number of nitrogens with zero attached hydrogens (tertiary/aromatic N) is 1. The summed E-state index contributed by atoms with van der Waals surface area (Å²) in [6.07, 6.45) is 6.82. The van der Waals surface area contributed by atoms with Crippen molar-refractivity contribution in [1.82, 2.24) is 4.57 Å². The Balaban J connectivity index is 1.85. The van der Waals surface area contributed by atoms with Crippen LogP contribution in [-0.4, -0.2) is 14.8 Å². The van der Waals surface area contributed by atoms with Crippen LogP contribution in [0.15, 0.2) is 36.7 Å². The van der Waals surface area contributed by atoms with Crippen molar-refractivity contribution in [3.8, 4) is 5.75 Å². The van der Waals surface area contributed by atoms with E-state index in [9.17, 15) is 10.2 Å². The van der Waals surface area contributed by atoms with E-state index in [0.717, 1.165) is 36.9 Å². The molecule has 18 heavy (non-hydrogen) atoms. The van der Waals surface area contributed by atoms with Crippen molar-refractivity contribution >= 4 is 0 Å². The highest BCUT2D eigenvalue weighted by Gasteiger charge is 2.19. The number of phenols is 1. The highest BCUT2D eigenvalue weighted by molar-refractivity contribution is 5.31. The topological polar surface area (TPSA) is 45.4 Å². The number of benzene rings is 1. The molecule has 0 saturated heterocycles. The molecule has 0 radical (unpaired) electrons. The van der Waals surface area contributed by atoms with E-state index in [-0.39, 0.29) is 6.10 Å². The zero-order valence-electron chi connectivity index (χ0n) is 10.2. The summed E-state index contributed by atoms with van der Waals surface area (Å²) in [5.74, 6) is 0.296. The van der Waals surface area contributed by atoms with Gasteiger partial charge in [0.1, 0.15) is 5.75 Å². The minimum absolute atomic E-state index is 0.296. The Morgan fingerprint density at radius 3 is 2.94 bits per heavy atom. The van der Waals surface area contributed by atoms with E-state index in [1.54, 1.807) is 12.1 Å². The van der Waals surface area contributed by atoms with Crippen LogP contribution in [0.2, 0.25) is 0 Å². The average molecular weight is 243 g/mol. The Bertz CT molecular complexity index is 559. The van der Waals surface area contributed by atoms with Crippen molar-refractivity contribution in [2.45, 2.75) is 31.9 Å². The molecule has 0 aliphatic heterocycles. The van der Waals surface area contributed by atoms with E-state index < -0.39 is 0 Å². The van der Waals surface area contributed by atoms with Crippen molar-refractivity contribution in [2.75, 3.05) is 0 Å². The number of phenolic OH excluding ortho intramolecular Hbond substituents is 1. The van der Waals surface area contributed by atoms with Crippen LogP contribution in [0, 0.1) is 0 Å². The molecule has 1 aromatic carbocycles. The third kappa shape index (κ3) is 2.14. The Morgan fingerprint density at radius 1 is 1.28 bits per heavy atom. The summed E-state index contributed by atoms with van der Waals surface area (Å²) in [7, 11) is 0. The summed E-state index contributed by atoms with van der Waals surface area (Å²) in [4.78, 5) is 0. The van der Waals surface area contributed by atoms with Crippen molar-refractivity contribution < 1.29 is 10.2 Å². The van der Waals surface area contributed by atoms with Crippen LogP contribution in [0.4, 0.5) is 0 Å². The quantitative estimate of drug-likeness (QED) is 0.851. The van der Waals surface area contributed by atoms with Crippen LogP contribution in [0.1, 0.15) is 35.6 Å². The summed E-state index contributed by atoms with van der Waals surface area (Å²) in [6, 6.07) is 7.29.